The maximum atomic E-state index is 14.1. The van der Waals surface area contributed by atoms with Crippen LogP contribution in [0.15, 0.2) is 60.0 Å². The number of aliphatic imine (C=N–C) groups is 1. The molecule has 0 saturated carbocycles. The normalized spacial score (nSPS) is 16.9. The van der Waals surface area contributed by atoms with Gasteiger partial charge in [-0.15, -0.1) is 0 Å². The molecule has 0 amide bonds. The number of aromatic nitrogens is 2. The fourth-order valence-electron chi connectivity index (χ4n) is 3.62. The Kier molecular flexibility index (Phi) is 5.78. The van der Waals surface area contributed by atoms with Gasteiger partial charge in [0.2, 0.25) is 0 Å². The molecule has 1 aliphatic rings. The molecule has 1 aromatic carbocycles. The van der Waals surface area contributed by atoms with E-state index in [0.717, 1.165) is 33.5 Å². The zero-order valence-electron chi connectivity index (χ0n) is 17.2. The topological polar surface area (TPSA) is 64.2 Å². The molecule has 4 rings (SSSR count). The monoisotopic (exact) mass is 440 g/mol. The Hall–Kier alpha value is -3.55. The molecule has 1 atom stereocenters. The maximum absolute atomic E-state index is 14.1. The van der Waals surface area contributed by atoms with Crippen LogP contribution in [0.25, 0.3) is 5.57 Å². The summed E-state index contributed by atoms with van der Waals surface area (Å²) in [5.74, 6) is -0.953. The van der Waals surface area contributed by atoms with Gasteiger partial charge in [-0.3, -0.25) is 15.0 Å². The highest BCUT2D eigenvalue weighted by Gasteiger charge is 2.32. The molecule has 0 bridgehead atoms. The number of fused-ring (bicyclic) bond motifs is 1. The van der Waals surface area contributed by atoms with Crippen LogP contribution in [0, 0.1) is 12.7 Å². The van der Waals surface area contributed by atoms with Gasteiger partial charge in [0, 0.05) is 41.6 Å². The summed E-state index contributed by atoms with van der Waals surface area (Å²) in [5.41, 5.74) is 10.3. The number of nitrogens with two attached hydrogens (primary N) is 1. The second kappa shape index (κ2) is 8.53. The van der Waals surface area contributed by atoms with Crippen LogP contribution in [0.4, 0.5) is 17.6 Å². The van der Waals surface area contributed by atoms with Crippen molar-refractivity contribution < 1.29 is 17.6 Å². The summed E-state index contributed by atoms with van der Waals surface area (Å²) < 4.78 is 52.1. The first-order valence-corrected chi connectivity index (χ1v) is 9.98. The molecule has 1 aliphatic carbocycles. The molecule has 8 heteroatoms. The SMILES string of the molecule is Cc1ccc(C=NC2/C(=C\N)c3ccc(CCc4ncc(C(F)(F)F)cc4F)cc32)cn1. The number of pyridine rings is 2. The molecular weight excluding hydrogens is 420 g/mol. The van der Waals surface area contributed by atoms with E-state index in [1.165, 1.54) is 0 Å². The predicted molar refractivity (Wildman–Crippen MR) is 115 cm³/mol. The fourth-order valence-corrected chi connectivity index (χ4v) is 3.62. The Balaban J connectivity index is 1.49. The van der Waals surface area contributed by atoms with Crippen LogP contribution in [0.3, 0.4) is 0 Å². The average Bonchev–Trinajstić information content (AvgIpc) is 2.75. The lowest BCUT2D eigenvalue weighted by Crippen LogP contribution is -2.16. The molecule has 2 aromatic heterocycles. The number of halogens is 4. The molecule has 2 N–H and O–H groups in total. The van der Waals surface area contributed by atoms with Gasteiger partial charge in [0.05, 0.1) is 11.3 Å². The van der Waals surface area contributed by atoms with E-state index in [1.54, 1.807) is 18.6 Å². The minimum Gasteiger partial charge on any atom is -0.404 e. The van der Waals surface area contributed by atoms with Crippen molar-refractivity contribution in [2.75, 3.05) is 0 Å². The Bertz CT molecular complexity index is 1200. The third-order valence-corrected chi connectivity index (χ3v) is 5.40. The minimum absolute atomic E-state index is 0.00432. The van der Waals surface area contributed by atoms with Gasteiger partial charge in [0.15, 0.2) is 0 Å². The highest BCUT2D eigenvalue weighted by atomic mass is 19.4. The van der Waals surface area contributed by atoms with E-state index in [1.807, 2.05) is 37.3 Å². The first-order valence-electron chi connectivity index (χ1n) is 9.98. The largest absolute Gasteiger partial charge is 0.417 e. The summed E-state index contributed by atoms with van der Waals surface area (Å²) in [7, 11) is 0. The quantitative estimate of drug-likeness (QED) is 0.438. The summed E-state index contributed by atoms with van der Waals surface area (Å²) in [6.45, 7) is 1.91. The van der Waals surface area contributed by atoms with Gasteiger partial charge in [-0.05, 0) is 48.6 Å². The summed E-state index contributed by atoms with van der Waals surface area (Å²) in [6, 6.07) is 9.91. The van der Waals surface area contributed by atoms with Crippen LogP contribution in [0.5, 0.6) is 0 Å². The van der Waals surface area contributed by atoms with E-state index in [2.05, 4.69) is 15.0 Å². The Morgan fingerprint density at radius 1 is 1.06 bits per heavy atom. The van der Waals surface area contributed by atoms with Gasteiger partial charge >= 0.3 is 6.18 Å². The molecule has 0 aliphatic heterocycles. The standard InChI is InChI=1S/C24H20F4N4/c1-14-2-3-16(11-30-14)12-32-23-19-8-15(4-6-18(19)20(23)10-29)5-7-22-21(25)9-17(13-31-22)24(26,27)28/h2-4,6,8-13,23H,5,7,29H2,1H3/b20-10-,32-12?. The van der Waals surface area contributed by atoms with Crippen LogP contribution in [-0.2, 0) is 19.0 Å². The highest BCUT2D eigenvalue weighted by molar-refractivity contribution is 5.87. The van der Waals surface area contributed by atoms with Crippen molar-refractivity contribution in [1.82, 2.24) is 9.97 Å². The third-order valence-electron chi connectivity index (χ3n) is 5.40. The predicted octanol–water partition coefficient (Wildman–Crippen LogP) is 5.20. The van der Waals surface area contributed by atoms with Crippen molar-refractivity contribution in [3.8, 4) is 0 Å². The van der Waals surface area contributed by atoms with Crippen molar-refractivity contribution in [1.29, 1.82) is 0 Å². The Morgan fingerprint density at radius 3 is 2.53 bits per heavy atom. The van der Waals surface area contributed by atoms with Gasteiger partial charge in [-0.1, -0.05) is 24.3 Å². The number of aryl methyl sites for hydroxylation is 3. The molecule has 1 unspecified atom stereocenters. The second-order valence-corrected chi connectivity index (χ2v) is 7.61. The Morgan fingerprint density at radius 2 is 1.88 bits per heavy atom. The lowest BCUT2D eigenvalue weighted by atomic mass is 9.77. The van der Waals surface area contributed by atoms with Gasteiger partial charge in [0.25, 0.3) is 0 Å². The summed E-state index contributed by atoms with van der Waals surface area (Å²) in [6.07, 6.45) is 1.70. The Labute approximate surface area is 182 Å². The first kappa shape index (κ1) is 21.7. The molecule has 4 nitrogen and oxygen atoms in total. The zero-order chi connectivity index (χ0) is 22.9. The van der Waals surface area contributed by atoms with Gasteiger partial charge in [-0.2, -0.15) is 13.2 Å². The number of alkyl halides is 3. The van der Waals surface area contributed by atoms with Gasteiger partial charge in [-0.25, -0.2) is 4.39 Å². The summed E-state index contributed by atoms with van der Waals surface area (Å²) >= 11 is 0. The smallest absolute Gasteiger partial charge is 0.404 e. The van der Waals surface area contributed by atoms with Crippen LogP contribution < -0.4 is 5.73 Å². The lowest BCUT2D eigenvalue weighted by molar-refractivity contribution is -0.138. The van der Waals surface area contributed by atoms with Gasteiger partial charge < -0.3 is 5.73 Å². The fraction of sp³-hybridized carbons (Fsp3) is 0.208. The van der Waals surface area contributed by atoms with E-state index >= 15 is 0 Å². The first-order chi connectivity index (χ1) is 15.3. The number of rotatable bonds is 5. The molecule has 2 heterocycles. The molecule has 32 heavy (non-hydrogen) atoms. The molecule has 0 saturated heterocycles. The van der Waals surface area contributed by atoms with Crippen molar-refractivity contribution in [3.05, 3.63) is 100 Å². The molecule has 164 valence electrons. The van der Waals surface area contributed by atoms with Gasteiger partial charge in [0.1, 0.15) is 11.9 Å². The number of benzene rings is 1. The van der Waals surface area contributed by atoms with Crippen molar-refractivity contribution in [2.24, 2.45) is 10.7 Å². The van der Waals surface area contributed by atoms with E-state index in [9.17, 15) is 17.6 Å². The summed E-state index contributed by atoms with van der Waals surface area (Å²) in [4.78, 5) is 12.6. The number of hydrogen-bond acceptors (Lipinski definition) is 4. The average molecular weight is 440 g/mol. The second-order valence-electron chi connectivity index (χ2n) is 7.61. The van der Waals surface area contributed by atoms with Crippen molar-refractivity contribution in [3.63, 3.8) is 0 Å². The molecule has 0 radical (unpaired) electrons. The van der Waals surface area contributed by atoms with E-state index < -0.39 is 17.6 Å². The van der Waals surface area contributed by atoms with Crippen LogP contribution in [0.2, 0.25) is 0 Å². The molecule has 0 fully saturated rings. The van der Waals surface area contributed by atoms with Crippen molar-refractivity contribution >= 4 is 11.8 Å². The lowest BCUT2D eigenvalue weighted by Gasteiger charge is -2.31. The van der Waals surface area contributed by atoms with Crippen molar-refractivity contribution in [2.45, 2.75) is 32.0 Å². The minimum atomic E-state index is -4.62. The van der Waals surface area contributed by atoms with E-state index in [-0.39, 0.29) is 18.2 Å². The third kappa shape index (κ3) is 4.39. The van der Waals surface area contributed by atoms with Crippen LogP contribution >= 0.6 is 0 Å². The molecular formula is C24H20F4N4. The van der Waals surface area contributed by atoms with Crippen LogP contribution in [0.1, 0.15) is 45.2 Å². The number of hydrogen-bond donors (Lipinski definition) is 1. The highest BCUT2D eigenvalue weighted by Crippen LogP contribution is 2.46. The van der Waals surface area contributed by atoms with E-state index in [4.69, 9.17) is 5.73 Å². The molecule has 0 spiro atoms. The van der Waals surface area contributed by atoms with E-state index in [0.29, 0.717) is 18.7 Å². The number of nitrogens with zero attached hydrogens (tertiary/aromatic N) is 3. The molecule has 3 aromatic rings. The summed E-state index contributed by atoms with van der Waals surface area (Å²) in [5, 5.41) is 0. The van der Waals surface area contributed by atoms with Crippen LogP contribution in [-0.4, -0.2) is 16.2 Å². The zero-order valence-corrected chi connectivity index (χ0v) is 17.2. The maximum Gasteiger partial charge on any atom is 0.417 e.